The fourth-order valence-electron chi connectivity index (χ4n) is 6.45. The van der Waals surface area contributed by atoms with E-state index in [2.05, 4.69) is 11.7 Å². The van der Waals surface area contributed by atoms with Crippen molar-refractivity contribution in [1.29, 1.82) is 0 Å². The molecule has 0 aromatic rings. The molecule has 0 saturated heterocycles. The summed E-state index contributed by atoms with van der Waals surface area (Å²) in [5.74, 6) is -38.0. The Bertz CT molecular complexity index is 1030. The van der Waals surface area contributed by atoms with E-state index in [-0.39, 0.29) is 6.42 Å². The van der Waals surface area contributed by atoms with Crippen molar-refractivity contribution in [3.63, 3.8) is 0 Å². The third-order valence-corrected chi connectivity index (χ3v) is 10.3. The van der Waals surface area contributed by atoms with E-state index < -0.39 is 74.1 Å². The predicted octanol–water partition coefficient (Wildman–Crippen LogP) is 15.0. The number of halogens is 13. The molecule has 1 unspecified atom stereocenters. The van der Waals surface area contributed by atoms with Gasteiger partial charge in [0.25, 0.3) is 0 Å². The predicted molar refractivity (Wildman–Crippen MR) is 198 cm³/mol. The Hall–Kier alpha value is -1.52. The first-order chi connectivity index (χ1) is 27.1. The molecule has 0 aromatic carbocycles. The third-order valence-electron chi connectivity index (χ3n) is 10.3. The average Bonchev–Trinajstić information content (AvgIpc) is 3.14. The van der Waals surface area contributed by atoms with E-state index in [1.54, 1.807) is 0 Å². The van der Waals surface area contributed by atoms with Crippen molar-refractivity contribution in [2.75, 3.05) is 19.8 Å². The van der Waals surface area contributed by atoms with Crippen molar-refractivity contribution >= 4 is 5.97 Å². The van der Waals surface area contributed by atoms with E-state index >= 15 is 0 Å². The summed E-state index contributed by atoms with van der Waals surface area (Å²) in [6.07, 6.45) is 21.9. The summed E-state index contributed by atoms with van der Waals surface area (Å²) in [7, 11) is 0. The van der Waals surface area contributed by atoms with Crippen LogP contribution in [-0.4, -0.2) is 72.8 Å². The minimum absolute atomic E-state index is 0.000509. The van der Waals surface area contributed by atoms with Gasteiger partial charge in [-0.2, -0.15) is 57.1 Å². The molecular formula is C41H69F13O4. The van der Waals surface area contributed by atoms with Gasteiger partial charge in [-0.05, 0) is 6.42 Å². The van der Waals surface area contributed by atoms with Gasteiger partial charge in [0.15, 0.2) is 0 Å². The average molecular weight is 873 g/mol. The number of esters is 1. The molecule has 0 spiro atoms. The molecule has 348 valence electrons. The van der Waals surface area contributed by atoms with Crippen molar-refractivity contribution in [3.05, 3.63) is 0 Å². The third kappa shape index (κ3) is 21.3. The summed E-state index contributed by atoms with van der Waals surface area (Å²) in [5, 5.41) is 9.72. The molecule has 0 aliphatic heterocycles. The van der Waals surface area contributed by atoms with Crippen molar-refractivity contribution < 1.29 is 76.5 Å². The van der Waals surface area contributed by atoms with Crippen molar-refractivity contribution in [2.24, 2.45) is 0 Å². The maximum absolute atomic E-state index is 13.8. The van der Waals surface area contributed by atoms with Crippen LogP contribution in [0.2, 0.25) is 0 Å². The van der Waals surface area contributed by atoms with E-state index in [0.717, 1.165) is 32.1 Å². The summed E-state index contributed by atoms with van der Waals surface area (Å²) in [4.78, 5) is 11.9. The molecule has 0 fully saturated rings. The topological polar surface area (TPSA) is 55.8 Å². The van der Waals surface area contributed by atoms with Gasteiger partial charge in [0, 0.05) is 12.8 Å². The Morgan fingerprint density at radius 2 is 0.759 bits per heavy atom. The van der Waals surface area contributed by atoms with Crippen LogP contribution in [0.1, 0.15) is 193 Å². The maximum atomic E-state index is 13.8. The standard InChI is InChI=1S/C41H69F13O4/c1-2-3-4-5-6-7-8-9-10-11-12-13-14-15-16-17-18-19-20-21-22-23-24-25-26-27-28-29-35(56)58-33-34(55)32-57-31-30-36(42,43)37(44,45)38(46,47)39(48,49)40(50,51)41(52,53)54/h34,55H,2-33H2,1H3. The normalized spacial score (nSPS) is 14.0. The largest absolute Gasteiger partial charge is 0.463 e. The number of unbranched alkanes of at least 4 members (excludes halogenated alkanes) is 26. The summed E-state index contributed by atoms with van der Waals surface area (Å²) in [6.45, 7) is -1.12. The molecule has 0 saturated carbocycles. The first kappa shape index (κ1) is 56.5. The number of hydrogen-bond acceptors (Lipinski definition) is 4. The van der Waals surface area contributed by atoms with Gasteiger partial charge in [0.1, 0.15) is 12.7 Å². The highest BCUT2D eigenvalue weighted by atomic mass is 19.4. The molecule has 0 bridgehead atoms. The van der Waals surface area contributed by atoms with Crippen LogP contribution >= 0.6 is 0 Å². The first-order valence-electron chi connectivity index (χ1n) is 21.5. The SMILES string of the molecule is CCCCCCCCCCCCCCCCCCCCCCCCCCCCCC(=O)OCC(O)COCCC(F)(F)C(F)(F)C(F)(F)C(F)(F)C(F)(F)C(F)(F)F. The van der Waals surface area contributed by atoms with Crippen LogP contribution < -0.4 is 0 Å². The fourth-order valence-corrected chi connectivity index (χ4v) is 6.45. The Kier molecular flexibility index (Phi) is 28.9. The minimum atomic E-state index is -7.96. The summed E-state index contributed by atoms with van der Waals surface area (Å²) in [5.41, 5.74) is 0. The lowest BCUT2D eigenvalue weighted by molar-refractivity contribution is -0.440. The molecule has 0 aliphatic carbocycles. The quantitative estimate of drug-likeness (QED) is 0.0380. The van der Waals surface area contributed by atoms with Crippen LogP contribution in [-0.2, 0) is 14.3 Å². The Morgan fingerprint density at radius 3 is 1.09 bits per heavy atom. The summed E-state index contributed by atoms with van der Waals surface area (Å²) >= 11 is 0. The molecular weight excluding hydrogens is 803 g/mol. The molecule has 0 amide bonds. The molecule has 0 heterocycles. The monoisotopic (exact) mass is 872 g/mol. The van der Waals surface area contributed by atoms with E-state index in [1.165, 1.54) is 135 Å². The van der Waals surface area contributed by atoms with Gasteiger partial charge in [-0.3, -0.25) is 4.79 Å². The number of carbonyl (C=O) groups excluding carboxylic acids is 1. The highest BCUT2D eigenvalue weighted by Gasteiger charge is 2.90. The van der Waals surface area contributed by atoms with Gasteiger partial charge in [0.05, 0.1) is 13.2 Å². The van der Waals surface area contributed by atoms with Gasteiger partial charge in [0.2, 0.25) is 0 Å². The Balaban J connectivity index is 3.80. The Morgan fingerprint density at radius 1 is 0.448 bits per heavy atom. The number of aliphatic hydroxyl groups excluding tert-OH is 1. The molecule has 0 radical (unpaired) electrons. The first-order valence-corrected chi connectivity index (χ1v) is 21.5. The second kappa shape index (κ2) is 29.7. The zero-order valence-electron chi connectivity index (χ0n) is 34.3. The number of hydrogen-bond donors (Lipinski definition) is 1. The zero-order valence-corrected chi connectivity index (χ0v) is 34.3. The van der Waals surface area contributed by atoms with Gasteiger partial charge in [-0.15, -0.1) is 0 Å². The van der Waals surface area contributed by atoms with Crippen LogP contribution in [0.15, 0.2) is 0 Å². The number of alkyl halides is 13. The molecule has 58 heavy (non-hydrogen) atoms. The lowest BCUT2D eigenvalue weighted by atomic mass is 9.93. The molecule has 1 N–H and O–H groups in total. The van der Waals surface area contributed by atoms with Crippen molar-refractivity contribution in [2.45, 2.75) is 235 Å². The number of ether oxygens (including phenoxy) is 2. The lowest BCUT2D eigenvalue weighted by Gasteiger charge is -2.39. The van der Waals surface area contributed by atoms with Gasteiger partial charge < -0.3 is 14.6 Å². The molecule has 0 aliphatic rings. The van der Waals surface area contributed by atoms with Crippen LogP contribution in [0, 0.1) is 0 Å². The number of aliphatic hydroxyl groups is 1. The van der Waals surface area contributed by atoms with Crippen LogP contribution in [0.25, 0.3) is 0 Å². The van der Waals surface area contributed by atoms with Gasteiger partial charge in [-0.25, -0.2) is 0 Å². The fraction of sp³-hybridized carbons (Fsp3) is 0.976. The number of rotatable bonds is 39. The van der Waals surface area contributed by atoms with E-state index in [9.17, 15) is 67.0 Å². The second-order valence-electron chi connectivity index (χ2n) is 15.6. The van der Waals surface area contributed by atoms with Crippen molar-refractivity contribution in [1.82, 2.24) is 0 Å². The van der Waals surface area contributed by atoms with Crippen LogP contribution in [0.3, 0.4) is 0 Å². The highest BCUT2D eigenvalue weighted by Crippen LogP contribution is 2.60. The van der Waals surface area contributed by atoms with Gasteiger partial charge >= 0.3 is 41.8 Å². The van der Waals surface area contributed by atoms with Crippen LogP contribution in [0.5, 0.6) is 0 Å². The second-order valence-corrected chi connectivity index (χ2v) is 15.6. The molecule has 1 atom stereocenters. The molecule has 17 heteroatoms. The summed E-state index contributed by atoms with van der Waals surface area (Å²) < 4.78 is 180. The maximum Gasteiger partial charge on any atom is 0.460 e. The van der Waals surface area contributed by atoms with E-state index in [0.29, 0.717) is 6.42 Å². The van der Waals surface area contributed by atoms with Crippen molar-refractivity contribution in [3.8, 4) is 0 Å². The van der Waals surface area contributed by atoms with Crippen LogP contribution in [0.4, 0.5) is 57.1 Å². The van der Waals surface area contributed by atoms with E-state index in [1.807, 2.05) is 0 Å². The zero-order chi connectivity index (χ0) is 44.2. The van der Waals surface area contributed by atoms with E-state index in [4.69, 9.17) is 4.74 Å². The lowest BCUT2D eigenvalue weighted by Crippen LogP contribution is -2.70. The molecule has 4 nitrogen and oxygen atoms in total. The smallest absolute Gasteiger partial charge is 0.460 e. The number of carbonyl (C=O) groups is 1. The molecule has 0 aromatic heterocycles. The van der Waals surface area contributed by atoms with Gasteiger partial charge in [-0.1, -0.05) is 174 Å². The summed E-state index contributed by atoms with van der Waals surface area (Å²) in [6, 6.07) is 0. The Labute approximate surface area is 337 Å². The molecule has 0 rings (SSSR count). The minimum Gasteiger partial charge on any atom is -0.463 e. The highest BCUT2D eigenvalue weighted by molar-refractivity contribution is 5.69.